The summed E-state index contributed by atoms with van der Waals surface area (Å²) in [6.07, 6.45) is 0. The van der Waals surface area contributed by atoms with Crippen LogP contribution in [0.25, 0.3) is 11.0 Å². The van der Waals surface area contributed by atoms with Crippen molar-refractivity contribution in [2.75, 3.05) is 5.32 Å². The fourth-order valence-electron chi connectivity index (χ4n) is 3.24. The van der Waals surface area contributed by atoms with E-state index in [1.807, 2.05) is 25.1 Å². The van der Waals surface area contributed by atoms with Gasteiger partial charge in [-0.15, -0.1) is 0 Å². The minimum absolute atomic E-state index is 0.310. The van der Waals surface area contributed by atoms with E-state index in [0.29, 0.717) is 33.1 Å². The molecule has 3 N–H and O–H groups in total. The van der Waals surface area contributed by atoms with Crippen LogP contribution in [0.3, 0.4) is 0 Å². The molecule has 0 unspecified atom stereocenters. The highest BCUT2D eigenvalue weighted by Crippen LogP contribution is 2.35. The standard InChI is InChI=1S/C19H17ClN4O2/c1-9-5-4-6-11(20)14(9)22-18-21-12-8-7-10-13(15(12)23-18)16(25)24-17(26)19(10,2)3/h4-8H,1-3H3,(H2,21,22,23)(H,24,25,26). The van der Waals surface area contributed by atoms with E-state index in [-0.39, 0.29) is 5.91 Å². The number of aryl methyl sites for hydroxylation is 1. The summed E-state index contributed by atoms with van der Waals surface area (Å²) in [7, 11) is 0. The van der Waals surface area contributed by atoms with E-state index in [1.165, 1.54) is 0 Å². The summed E-state index contributed by atoms with van der Waals surface area (Å²) in [6, 6.07) is 9.25. The van der Waals surface area contributed by atoms with Crippen molar-refractivity contribution in [3.8, 4) is 0 Å². The molecular formula is C19H17ClN4O2. The molecule has 1 aliphatic rings. The first kappa shape index (κ1) is 16.6. The molecule has 0 spiro atoms. The van der Waals surface area contributed by atoms with Crippen molar-refractivity contribution in [2.24, 2.45) is 0 Å². The molecule has 6 nitrogen and oxygen atoms in total. The predicted octanol–water partition coefficient (Wildman–Crippen LogP) is 3.82. The lowest BCUT2D eigenvalue weighted by molar-refractivity contribution is -0.125. The molecule has 7 heteroatoms. The number of rotatable bonds is 2. The van der Waals surface area contributed by atoms with Gasteiger partial charge < -0.3 is 10.3 Å². The molecule has 1 aliphatic heterocycles. The van der Waals surface area contributed by atoms with Crippen LogP contribution in [0.1, 0.15) is 35.3 Å². The van der Waals surface area contributed by atoms with Gasteiger partial charge in [-0.1, -0.05) is 29.8 Å². The van der Waals surface area contributed by atoms with Crippen LogP contribution in [0, 0.1) is 6.92 Å². The molecule has 4 rings (SSSR count). The summed E-state index contributed by atoms with van der Waals surface area (Å²) in [4.78, 5) is 32.3. The number of hydrogen-bond donors (Lipinski definition) is 3. The Hall–Kier alpha value is -2.86. The molecule has 26 heavy (non-hydrogen) atoms. The van der Waals surface area contributed by atoms with Gasteiger partial charge in [0.2, 0.25) is 11.9 Å². The number of imide groups is 1. The number of anilines is 2. The van der Waals surface area contributed by atoms with Crippen LogP contribution >= 0.6 is 11.6 Å². The van der Waals surface area contributed by atoms with Crippen molar-refractivity contribution in [1.29, 1.82) is 0 Å². The van der Waals surface area contributed by atoms with Gasteiger partial charge >= 0.3 is 0 Å². The predicted molar refractivity (Wildman–Crippen MR) is 101 cm³/mol. The molecular weight excluding hydrogens is 352 g/mol. The molecule has 0 aliphatic carbocycles. The number of aromatic amines is 1. The van der Waals surface area contributed by atoms with Gasteiger partial charge in [0.05, 0.1) is 27.2 Å². The van der Waals surface area contributed by atoms with Gasteiger partial charge in [-0.2, -0.15) is 0 Å². The van der Waals surface area contributed by atoms with Crippen molar-refractivity contribution in [3.05, 3.63) is 52.0 Å². The highest BCUT2D eigenvalue weighted by atomic mass is 35.5. The largest absolute Gasteiger partial charge is 0.324 e. The lowest BCUT2D eigenvalue weighted by Gasteiger charge is -2.30. The molecule has 3 aromatic rings. The van der Waals surface area contributed by atoms with Crippen LogP contribution in [0.15, 0.2) is 30.3 Å². The molecule has 0 bridgehead atoms. The molecule has 0 radical (unpaired) electrons. The number of H-pyrrole nitrogens is 1. The maximum absolute atomic E-state index is 12.4. The van der Waals surface area contributed by atoms with Crippen LogP contribution in [0.4, 0.5) is 11.6 Å². The number of amides is 2. The first-order valence-electron chi connectivity index (χ1n) is 8.20. The van der Waals surface area contributed by atoms with Gasteiger partial charge in [-0.3, -0.25) is 14.9 Å². The lowest BCUT2D eigenvalue weighted by atomic mass is 9.78. The smallest absolute Gasteiger partial charge is 0.260 e. The van der Waals surface area contributed by atoms with Crippen LogP contribution in [0.5, 0.6) is 0 Å². The average molecular weight is 369 g/mol. The number of para-hydroxylation sites is 1. The third-order valence-electron chi connectivity index (χ3n) is 4.82. The zero-order valence-electron chi connectivity index (χ0n) is 14.5. The van der Waals surface area contributed by atoms with E-state index in [2.05, 4.69) is 20.6 Å². The summed E-state index contributed by atoms with van der Waals surface area (Å²) in [5.41, 5.74) is 3.25. The van der Waals surface area contributed by atoms with Crippen LogP contribution in [-0.2, 0) is 10.2 Å². The molecule has 132 valence electrons. The third-order valence-corrected chi connectivity index (χ3v) is 5.13. The third kappa shape index (κ3) is 2.37. The Balaban J connectivity index is 1.86. The zero-order chi connectivity index (χ0) is 18.6. The van der Waals surface area contributed by atoms with E-state index < -0.39 is 11.3 Å². The van der Waals surface area contributed by atoms with Gasteiger partial charge in [0.1, 0.15) is 5.52 Å². The topological polar surface area (TPSA) is 86.9 Å². The van der Waals surface area contributed by atoms with Gasteiger partial charge in [-0.05, 0) is 44.0 Å². The molecule has 2 aromatic carbocycles. The maximum Gasteiger partial charge on any atom is 0.260 e. The molecule has 0 saturated carbocycles. The monoisotopic (exact) mass is 368 g/mol. The lowest BCUT2D eigenvalue weighted by Crippen LogP contribution is -2.48. The molecule has 0 saturated heterocycles. The van der Waals surface area contributed by atoms with Crippen molar-refractivity contribution < 1.29 is 9.59 Å². The molecule has 0 fully saturated rings. The number of benzene rings is 2. The van der Waals surface area contributed by atoms with Gasteiger partial charge in [0.15, 0.2) is 0 Å². The van der Waals surface area contributed by atoms with E-state index in [0.717, 1.165) is 11.3 Å². The van der Waals surface area contributed by atoms with E-state index in [9.17, 15) is 9.59 Å². The Morgan fingerprint density at radius 2 is 1.92 bits per heavy atom. The second kappa shape index (κ2) is 5.57. The average Bonchev–Trinajstić information content (AvgIpc) is 2.98. The SMILES string of the molecule is Cc1cccc(Cl)c1Nc1nc2c3c(ccc2[nH]1)C(C)(C)C(=O)NC3=O. The second-order valence-electron chi connectivity index (χ2n) is 6.93. The van der Waals surface area contributed by atoms with E-state index >= 15 is 0 Å². The van der Waals surface area contributed by atoms with Crippen LogP contribution in [-0.4, -0.2) is 21.8 Å². The van der Waals surface area contributed by atoms with Crippen molar-refractivity contribution in [3.63, 3.8) is 0 Å². The Bertz CT molecular complexity index is 1060. The second-order valence-corrected chi connectivity index (χ2v) is 7.34. The molecule has 2 amide bonds. The zero-order valence-corrected chi connectivity index (χ0v) is 15.3. The molecule has 1 aromatic heterocycles. The van der Waals surface area contributed by atoms with Crippen LogP contribution < -0.4 is 10.6 Å². The Labute approximate surface area is 155 Å². The number of carbonyl (C=O) groups is 2. The van der Waals surface area contributed by atoms with Gasteiger partial charge in [-0.25, -0.2) is 4.98 Å². The number of fused-ring (bicyclic) bond motifs is 3. The van der Waals surface area contributed by atoms with Gasteiger partial charge in [0.25, 0.3) is 5.91 Å². The minimum Gasteiger partial charge on any atom is -0.324 e. The summed E-state index contributed by atoms with van der Waals surface area (Å²) in [5, 5.41) is 6.19. The fourth-order valence-corrected chi connectivity index (χ4v) is 3.51. The summed E-state index contributed by atoms with van der Waals surface area (Å²) in [6.45, 7) is 5.52. The summed E-state index contributed by atoms with van der Waals surface area (Å²) < 4.78 is 0. The maximum atomic E-state index is 12.4. The Morgan fingerprint density at radius 1 is 1.15 bits per heavy atom. The van der Waals surface area contributed by atoms with Crippen molar-refractivity contribution in [1.82, 2.24) is 15.3 Å². The quantitative estimate of drug-likeness (QED) is 0.600. The number of hydrogen-bond acceptors (Lipinski definition) is 4. The number of imidazole rings is 1. The Kier molecular flexibility index (Phi) is 3.56. The Morgan fingerprint density at radius 3 is 2.65 bits per heavy atom. The molecule has 2 heterocycles. The summed E-state index contributed by atoms with van der Waals surface area (Å²) in [5.74, 6) is -0.260. The van der Waals surface area contributed by atoms with E-state index in [1.54, 1.807) is 26.0 Å². The number of aromatic nitrogens is 2. The normalized spacial score (nSPS) is 15.7. The van der Waals surface area contributed by atoms with Crippen molar-refractivity contribution in [2.45, 2.75) is 26.2 Å². The fraction of sp³-hybridized carbons (Fsp3) is 0.211. The van der Waals surface area contributed by atoms with Crippen LogP contribution in [0.2, 0.25) is 5.02 Å². The number of halogens is 1. The minimum atomic E-state index is -0.802. The first-order chi connectivity index (χ1) is 12.3. The first-order valence-corrected chi connectivity index (χ1v) is 8.58. The summed E-state index contributed by atoms with van der Waals surface area (Å²) >= 11 is 6.26. The highest BCUT2D eigenvalue weighted by molar-refractivity contribution is 6.33. The van der Waals surface area contributed by atoms with E-state index in [4.69, 9.17) is 11.6 Å². The molecule has 0 atom stereocenters. The van der Waals surface area contributed by atoms with Gasteiger partial charge in [0, 0.05) is 0 Å². The number of nitrogens with zero attached hydrogens (tertiary/aromatic N) is 1. The highest BCUT2D eigenvalue weighted by Gasteiger charge is 2.40. The number of nitrogens with one attached hydrogen (secondary N) is 3. The number of carbonyl (C=O) groups excluding carboxylic acids is 2. The van der Waals surface area contributed by atoms with Crippen molar-refractivity contribution >= 4 is 46.1 Å².